The number of benzene rings is 2. The second-order valence-electron chi connectivity index (χ2n) is 6.39. The number of aromatic nitrogens is 2. The smallest absolute Gasteiger partial charge is 0.125 e. The number of piperidine rings is 1. The molecule has 0 amide bonds. The Morgan fingerprint density at radius 2 is 1.83 bits per heavy atom. The van der Waals surface area contributed by atoms with Crippen LogP contribution in [0.5, 0.6) is 0 Å². The van der Waals surface area contributed by atoms with Crippen molar-refractivity contribution < 1.29 is 8.78 Å². The Labute approximate surface area is 139 Å². The minimum atomic E-state index is -0.260. The Morgan fingerprint density at radius 1 is 1.04 bits per heavy atom. The molecular formula is C19H19F2N3. The van der Waals surface area contributed by atoms with Crippen molar-refractivity contribution in [2.45, 2.75) is 31.8 Å². The van der Waals surface area contributed by atoms with Crippen LogP contribution in [0.2, 0.25) is 0 Å². The average molecular weight is 327 g/mol. The van der Waals surface area contributed by atoms with Gasteiger partial charge in [0.15, 0.2) is 0 Å². The van der Waals surface area contributed by atoms with E-state index in [1.54, 1.807) is 6.07 Å². The van der Waals surface area contributed by atoms with E-state index in [0.717, 1.165) is 54.8 Å². The number of halogens is 2. The highest BCUT2D eigenvalue weighted by molar-refractivity contribution is 5.75. The molecule has 0 unspecified atom stereocenters. The number of likely N-dealkylation sites (tertiary alicyclic amines) is 1. The number of fused-ring (bicyclic) bond motifs is 1. The second-order valence-corrected chi connectivity index (χ2v) is 6.39. The highest BCUT2D eigenvalue weighted by atomic mass is 19.1. The molecule has 4 rings (SSSR count). The first kappa shape index (κ1) is 15.3. The van der Waals surface area contributed by atoms with Gasteiger partial charge in [-0.1, -0.05) is 18.6 Å². The molecule has 2 heterocycles. The van der Waals surface area contributed by atoms with Crippen molar-refractivity contribution in [2.75, 3.05) is 6.54 Å². The van der Waals surface area contributed by atoms with Crippen molar-refractivity contribution >= 4 is 11.0 Å². The van der Waals surface area contributed by atoms with Gasteiger partial charge in [0.25, 0.3) is 0 Å². The number of imidazole rings is 1. The van der Waals surface area contributed by atoms with Crippen LogP contribution in [0.15, 0.2) is 42.5 Å². The van der Waals surface area contributed by atoms with Gasteiger partial charge in [-0.3, -0.25) is 4.90 Å². The number of rotatable bonds is 3. The lowest BCUT2D eigenvalue weighted by molar-refractivity contribution is 0.134. The first-order chi connectivity index (χ1) is 11.7. The normalized spacial score (nSPS) is 19.0. The van der Waals surface area contributed by atoms with Gasteiger partial charge in [-0.2, -0.15) is 0 Å². The van der Waals surface area contributed by atoms with Crippen molar-refractivity contribution in [3.63, 3.8) is 0 Å². The Kier molecular flexibility index (Phi) is 4.02. The first-order valence-electron chi connectivity index (χ1n) is 8.33. The van der Waals surface area contributed by atoms with Gasteiger partial charge in [0.05, 0.1) is 17.1 Å². The molecule has 2 aromatic carbocycles. The van der Waals surface area contributed by atoms with E-state index in [1.165, 1.54) is 24.3 Å². The lowest BCUT2D eigenvalue weighted by atomic mass is 10.0. The number of nitrogens with one attached hydrogen (secondary N) is 1. The molecule has 1 N–H and O–H groups in total. The molecule has 1 saturated heterocycles. The molecular weight excluding hydrogens is 308 g/mol. The van der Waals surface area contributed by atoms with Gasteiger partial charge in [-0.05, 0) is 55.3 Å². The third-order valence-corrected chi connectivity index (χ3v) is 4.69. The zero-order valence-corrected chi connectivity index (χ0v) is 13.3. The van der Waals surface area contributed by atoms with Crippen molar-refractivity contribution in [3.05, 3.63) is 65.5 Å². The number of hydrogen-bond acceptors (Lipinski definition) is 2. The lowest BCUT2D eigenvalue weighted by Crippen LogP contribution is -2.33. The van der Waals surface area contributed by atoms with Crippen LogP contribution in [0, 0.1) is 11.6 Å². The summed E-state index contributed by atoms with van der Waals surface area (Å²) < 4.78 is 26.5. The quantitative estimate of drug-likeness (QED) is 0.764. The first-order valence-corrected chi connectivity index (χ1v) is 8.33. The van der Waals surface area contributed by atoms with Crippen LogP contribution in [0.3, 0.4) is 0 Å². The SMILES string of the molecule is Fc1ccc(CN2CCCC[C@H]2c2nc3ccc(F)cc3[nH]2)cc1. The molecule has 1 aromatic heterocycles. The summed E-state index contributed by atoms with van der Waals surface area (Å²) in [5.74, 6) is 0.412. The lowest BCUT2D eigenvalue weighted by Gasteiger charge is -2.34. The Balaban J connectivity index is 1.61. The van der Waals surface area contributed by atoms with Crippen LogP contribution < -0.4 is 0 Å². The fourth-order valence-corrected chi connectivity index (χ4v) is 3.47. The summed E-state index contributed by atoms with van der Waals surface area (Å²) >= 11 is 0. The van der Waals surface area contributed by atoms with E-state index in [-0.39, 0.29) is 17.7 Å². The molecule has 0 saturated carbocycles. The highest BCUT2D eigenvalue weighted by Crippen LogP contribution is 2.31. The topological polar surface area (TPSA) is 31.9 Å². The molecule has 1 fully saturated rings. The van der Waals surface area contributed by atoms with Gasteiger partial charge >= 0.3 is 0 Å². The fraction of sp³-hybridized carbons (Fsp3) is 0.316. The summed E-state index contributed by atoms with van der Waals surface area (Å²) in [5.41, 5.74) is 2.61. The third-order valence-electron chi connectivity index (χ3n) is 4.69. The minimum Gasteiger partial charge on any atom is -0.341 e. The van der Waals surface area contributed by atoms with Gasteiger partial charge in [0.2, 0.25) is 0 Å². The maximum atomic E-state index is 13.4. The Morgan fingerprint density at radius 3 is 2.67 bits per heavy atom. The summed E-state index contributed by atoms with van der Waals surface area (Å²) in [6, 6.07) is 11.5. The second kappa shape index (κ2) is 6.32. The van der Waals surface area contributed by atoms with Crippen LogP contribution in [0.25, 0.3) is 11.0 Å². The van der Waals surface area contributed by atoms with Crippen molar-refractivity contribution in [2.24, 2.45) is 0 Å². The van der Waals surface area contributed by atoms with Crippen LogP contribution in [0.4, 0.5) is 8.78 Å². The van der Waals surface area contributed by atoms with Gasteiger partial charge in [-0.25, -0.2) is 13.8 Å². The molecule has 0 bridgehead atoms. The van der Waals surface area contributed by atoms with E-state index in [9.17, 15) is 8.78 Å². The van der Waals surface area contributed by atoms with E-state index in [4.69, 9.17) is 0 Å². The predicted octanol–water partition coefficient (Wildman–Crippen LogP) is 4.57. The summed E-state index contributed by atoms with van der Waals surface area (Å²) in [5, 5.41) is 0. The molecule has 5 heteroatoms. The number of nitrogens with zero attached hydrogens (tertiary/aromatic N) is 2. The minimum absolute atomic E-state index is 0.180. The maximum Gasteiger partial charge on any atom is 0.125 e. The van der Waals surface area contributed by atoms with E-state index in [2.05, 4.69) is 14.9 Å². The maximum absolute atomic E-state index is 13.4. The van der Waals surface area contributed by atoms with E-state index >= 15 is 0 Å². The monoisotopic (exact) mass is 327 g/mol. The van der Waals surface area contributed by atoms with Crippen LogP contribution in [-0.2, 0) is 6.54 Å². The molecule has 0 spiro atoms. The molecule has 1 aliphatic heterocycles. The van der Waals surface area contributed by atoms with Crippen LogP contribution in [-0.4, -0.2) is 21.4 Å². The summed E-state index contributed by atoms with van der Waals surface area (Å²) in [4.78, 5) is 10.3. The Bertz CT molecular complexity index is 841. The van der Waals surface area contributed by atoms with Gasteiger partial charge in [0.1, 0.15) is 17.5 Å². The van der Waals surface area contributed by atoms with Crippen molar-refractivity contribution in [1.29, 1.82) is 0 Å². The fourth-order valence-electron chi connectivity index (χ4n) is 3.47. The molecule has 1 aliphatic rings. The van der Waals surface area contributed by atoms with E-state index in [1.807, 2.05) is 12.1 Å². The highest BCUT2D eigenvalue weighted by Gasteiger charge is 2.26. The molecule has 0 radical (unpaired) electrons. The summed E-state index contributed by atoms with van der Waals surface area (Å²) in [6.45, 7) is 1.74. The van der Waals surface area contributed by atoms with Crippen molar-refractivity contribution in [3.8, 4) is 0 Å². The molecule has 1 atom stereocenters. The summed E-state index contributed by atoms with van der Waals surface area (Å²) in [6.07, 6.45) is 3.31. The van der Waals surface area contributed by atoms with E-state index in [0.29, 0.717) is 0 Å². The number of H-pyrrole nitrogens is 1. The molecule has 3 aromatic rings. The predicted molar refractivity (Wildman–Crippen MR) is 89.5 cm³/mol. The Hall–Kier alpha value is -2.27. The van der Waals surface area contributed by atoms with Gasteiger partial charge in [0, 0.05) is 6.54 Å². The van der Waals surface area contributed by atoms with E-state index < -0.39 is 0 Å². The average Bonchev–Trinajstić information content (AvgIpc) is 3.00. The zero-order chi connectivity index (χ0) is 16.5. The zero-order valence-electron chi connectivity index (χ0n) is 13.3. The van der Waals surface area contributed by atoms with Gasteiger partial charge < -0.3 is 4.98 Å². The molecule has 3 nitrogen and oxygen atoms in total. The third kappa shape index (κ3) is 3.04. The van der Waals surface area contributed by atoms with Crippen LogP contribution >= 0.6 is 0 Å². The molecule has 24 heavy (non-hydrogen) atoms. The summed E-state index contributed by atoms with van der Waals surface area (Å²) in [7, 11) is 0. The molecule has 124 valence electrons. The molecule has 0 aliphatic carbocycles. The van der Waals surface area contributed by atoms with Crippen LogP contribution in [0.1, 0.15) is 36.7 Å². The van der Waals surface area contributed by atoms with Crippen molar-refractivity contribution in [1.82, 2.24) is 14.9 Å². The van der Waals surface area contributed by atoms with Gasteiger partial charge in [-0.15, -0.1) is 0 Å². The number of aromatic amines is 1. The largest absolute Gasteiger partial charge is 0.341 e. The number of hydrogen-bond donors (Lipinski definition) is 1. The standard InChI is InChI=1S/C19H19F2N3/c20-14-6-4-13(5-7-14)12-24-10-2-1-3-18(24)19-22-16-9-8-15(21)11-17(16)23-19/h4-9,11,18H,1-3,10,12H2,(H,22,23)/t18-/m0/s1.